The molecule has 1 aromatic carbocycles. The van der Waals surface area contributed by atoms with Crippen LogP contribution in [0.2, 0.25) is 0 Å². The Hall–Kier alpha value is -2.40. The molecule has 2 unspecified atom stereocenters. The van der Waals surface area contributed by atoms with Crippen LogP contribution in [0.25, 0.3) is 0 Å². The van der Waals surface area contributed by atoms with Crippen LogP contribution in [-0.4, -0.2) is 30.8 Å². The second kappa shape index (κ2) is 8.79. The van der Waals surface area contributed by atoms with E-state index in [4.69, 9.17) is 14.2 Å². The van der Waals surface area contributed by atoms with Gasteiger partial charge < -0.3 is 14.2 Å². The van der Waals surface area contributed by atoms with Gasteiger partial charge in [-0.15, -0.1) is 0 Å². The first-order valence-corrected chi connectivity index (χ1v) is 6.82. The fourth-order valence-corrected chi connectivity index (χ4v) is 1.45. The van der Waals surface area contributed by atoms with E-state index in [1.807, 2.05) is 25.1 Å². The number of rotatable bonds is 5. The molecule has 0 aromatic heterocycles. The lowest BCUT2D eigenvalue weighted by Gasteiger charge is -2.06. The average Bonchev–Trinajstić information content (AvgIpc) is 3.34. The number of carbonyl (C=O) groups excluding carboxylic acids is 2. The van der Waals surface area contributed by atoms with Crippen LogP contribution in [0, 0.1) is 6.92 Å². The van der Waals surface area contributed by atoms with Crippen molar-refractivity contribution in [1.29, 1.82) is 0 Å². The second-order valence-electron chi connectivity index (χ2n) is 4.61. The Labute approximate surface area is 130 Å². The predicted octanol–water partition coefficient (Wildman–Crippen LogP) is 2.59. The van der Waals surface area contributed by atoms with Crippen molar-refractivity contribution in [2.24, 2.45) is 0 Å². The first-order chi connectivity index (χ1) is 10.5. The summed E-state index contributed by atoms with van der Waals surface area (Å²) in [6.07, 6.45) is 2.28. The number of hydrogen-bond donors (Lipinski definition) is 0. The van der Waals surface area contributed by atoms with Crippen LogP contribution in [-0.2, 0) is 19.1 Å². The molecule has 1 fully saturated rings. The molecule has 5 nitrogen and oxygen atoms in total. The molecule has 1 saturated heterocycles. The number of carbonyl (C=O) groups is 2. The molecular weight excluding hydrogens is 284 g/mol. The zero-order valence-corrected chi connectivity index (χ0v) is 12.8. The standard InChI is InChI=1S/C10H10O2.C7H10O3/c1-3-10(11)12-9-7-5-4-6-8(9)2;1-3-7(8)10-5(2)6-4-9-6/h3-7H,1H2,2H3;3,5-6H,1,4H2,2H3. The summed E-state index contributed by atoms with van der Waals surface area (Å²) in [6, 6.07) is 7.34. The predicted molar refractivity (Wildman–Crippen MR) is 82.5 cm³/mol. The third kappa shape index (κ3) is 6.37. The molecule has 22 heavy (non-hydrogen) atoms. The van der Waals surface area contributed by atoms with Crippen molar-refractivity contribution in [3.63, 3.8) is 0 Å². The molecule has 1 heterocycles. The average molecular weight is 304 g/mol. The van der Waals surface area contributed by atoms with Gasteiger partial charge in [0.2, 0.25) is 0 Å². The lowest BCUT2D eigenvalue weighted by molar-refractivity contribution is -0.143. The van der Waals surface area contributed by atoms with E-state index in [9.17, 15) is 9.59 Å². The van der Waals surface area contributed by atoms with Crippen LogP contribution in [0.5, 0.6) is 5.75 Å². The highest BCUT2D eigenvalue weighted by atomic mass is 16.6. The highest BCUT2D eigenvalue weighted by Crippen LogP contribution is 2.16. The molecule has 5 heteroatoms. The number of epoxide rings is 1. The highest BCUT2D eigenvalue weighted by Gasteiger charge is 2.31. The van der Waals surface area contributed by atoms with Crippen molar-refractivity contribution in [2.75, 3.05) is 6.61 Å². The molecule has 1 aliphatic rings. The van der Waals surface area contributed by atoms with E-state index in [1.54, 1.807) is 13.0 Å². The molecule has 0 bridgehead atoms. The van der Waals surface area contributed by atoms with Gasteiger partial charge in [0.25, 0.3) is 0 Å². The number of benzene rings is 1. The molecule has 0 saturated carbocycles. The normalized spacial score (nSPS) is 16.4. The SMILES string of the molecule is C=CC(=O)OC(C)C1CO1.C=CC(=O)Oc1ccccc1C. The quantitative estimate of drug-likeness (QED) is 0.362. The van der Waals surface area contributed by atoms with Gasteiger partial charge in [0.15, 0.2) is 0 Å². The van der Waals surface area contributed by atoms with Crippen LogP contribution in [0.4, 0.5) is 0 Å². The lowest BCUT2D eigenvalue weighted by atomic mass is 10.2. The van der Waals surface area contributed by atoms with Crippen molar-refractivity contribution in [3.8, 4) is 5.75 Å². The number of para-hydroxylation sites is 1. The summed E-state index contributed by atoms with van der Waals surface area (Å²) in [7, 11) is 0. The van der Waals surface area contributed by atoms with Gasteiger partial charge in [-0.2, -0.15) is 0 Å². The molecule has 0 N–H and O–H groups in total. The molecule has 1 aromatic rings. The number of aryl methyl sites for hydroxylation is 1. The minimum Gasteiger partial charge on any atom is -0.457 e. The zero-order valence-electron chi connectivity index (χ0n) is 12.8. The third-order valence-corrected chi connectivity index (χ3v) is 2.82. The third-order valence-electron chi connectivity index (χ3n) is 2.82. The van der Waals surface area contributed by atoms with Crippen molar-refractivity contribution in [1.82, 2.24) is 0 Å². The number of hydrogen-bond acceptors (Lipinski definition) is 5. The van der Waals surface area contributed by atoms with Crippen LogP contribution < -0.4 is 4.74 Å². The van der Waals surface area contributed by atoms with E-state index >= 15 is 0 Å². The second-order valence-corrected chi connectivity index (χ2v) is 4.61. The molecule has 2 atom stereocenters. The largest absolute Gasteiger partial charge is 0.457 e. The monoisotopic (exact) mass is 304 g/mol. The number of esters is 2. The van der Waals surface area contributed by atoms with Gasteiger partial charge in [-0.1, -0.05) is 31.4 Å². The Kier molecular flexibility index (Phi) is 7.05. The minimum absolute atomic E-state index is 0.115. The lowest BCUT2D eigenvalue weighted by Crippen LogP contribution is -2.18. The van der Waals surface area contributed by atoms with Crippen molar-refractivity contribution < 1.29 is 23.8 Å². The molecular formula is C17H20O5. The fourth-order valence-electron chi connectivity index (χ4n) is 1.45. The van der Waals surface area contributed by atoms with Gasteiger partial charge in [0.05, 0.1) is 6.61 Å². The molecule has 0 amide bonds. The molecule has 0 aliphatic carbocycles. The molecule has 0 spiro atoms. The Morgan fingerprint density at radius 2 is 1.86 bits per heavy atom. The molecule has 0 radical (unpaired) electrons. The summed E-state index contributed by atoms with van der Waals surface area (Å²) >= 11 is 0. The zero-order chi connectivity index (χ0) is 16.5. The van der Waals surface area contributed by atoms with Gasteiger partial charge in [-0.05, 0) is 25.5 Å². The van der Waals surface area contributed by atoms with E-state index < -0.39 is 5.97 Å². The maximum Gasteiger partial charge on any atom is 0.335 e. The van der Waals surface area contributed by atoms with E-state index in [0.717, 1.165) is 17.7 Å². The Morgan fingerprint density at radius 1 is 1.27 bits per heavy atom. The molecule has 1 aliphatic heterocycles. The van der Waals surface area contributed by atoms with Crippen LogP contribution in [0.15, 0.2) is 49.6 Å². The topological polar surface area (TPSA) is 65.1 Å². The summed E-state index contributed by atoms with van der Waals surface area (Å²) in [5.74, 6) is -0.227. The molecule has 2 rings (SSSR count). The Balaban J connectivity index is 0.000000224. The summed E-state index contributed by atoms with van der Waals surface area (Å²) in [5, 5.41) is 0. The first-order valence-electron chi connectivity index (χ1n) is 6.82. The highest BCUT2D eigenvalue weighted by molar-refractivity contribution is 5.83. The van der Waals surface area contributed by atoms with E-state index in [-0.39, 0.29) is 18.2 Å². The summed E-state index contributed by atoms with van der Waals surface area (Å²) in [6.45, 7) is 11.0. The van der Waals surface area contributed by atoms with Gasteiger partial charge in [-0.25, -0.2) is 9.59 Å². The summed E-state index contributed by atoms with van der Waals surface area (Å²) < 4.78 is 14.7. The van der Waals surface area contributed by atoms with E-state index in [2.05, 4.69) is 13.2 Å². The maximum absolute atomic E-state index is 10.8. The van der Waals surface area contributed by atoms with E-state index in [0.29, 0.717) is 12.4 Å². The van der Waals surface area contributed by atoms with Gasteiger partial charge >= 0.3 is 11.9 Å². The van der Waals surface area contributed by atoms with Crippen molar-refractivity contribution >= 4 is 11.9 Å². The minimum atomic E-state index is -0.427. The molecule has 118 valence electrons. The van der Waals surface area contributed by atoms with Gasteiger partial charge in [0.1, 0.15) is 18.0 Å². The summed E-state index contributed by atoms with van der Waals surface area (Å²) in [5.41, 5.74) is 0.938. The van der Waals surface area contributed by atoms with Gasteiger partial charge in [-0.3, -0.25) is 0 Å². The van der Waals surface area contributed by atoms with Gasteiger partial charge in [0, 0.05) is 12.2 Å². The fraction of sp³-hybridized carbons (Fsp3) is 0.294. The smallest absolute Gasteiger partial charge is 0.335 e. The Morgan fingerprint density at radius 3 is 2.36 bits per heavy atom. The van der Waals surface area contributed by atoms with E-state index in [1.165, 1.54) is 0 Å². The van der Waals surface area contributed by atoms with Crippen molar-refractivity contribution in [3.05, 3.63) is 55.1 Å². The van der Waals surface area contributed by atoms with Crippen LogP contribution in [0.3, 0.4) is 0 Å². The first kappa shape index (κ1) is 17.7. The maximum atomic E-state index is 10.8. The number of ether oxygens (including phenoxy) is 3. The van der Waals surface area contributed by atoms with Crippen LogP contribution in [0.1, 0.15) is 12.5 Å². The summed E-state index contributed by atoms with van der Waals surface area (Å²) in [4.78, 5) is 21.4. The van der Waals surface area contributed by atoms with Crippen LogP contribution >= 0.6 is 0 Å². The van der Waals surface area contributed by atoms with Crippen molar-refractivity contribution in [2.45, 2.75) is 26.1 Å². The Bertz CT molecular complexity index is 546.